The zero-order chi connectivity index (χ0) is 15.8. The molecular formula is C17H19N3O2. The van der Waals surface area contributed by atoms with E-state index in [0.717, 1.165) is 12.8 Å². The summed E-state index contributed by atoms with van der Waals surface area (Å²) in [6, 6.07) is 10.5. The number of anilines is 2. The smallest absolute Gasteiger partial charge is 0.257 e. The summed E-state index contributed by atoms with van der Waals surface area (Å²) in [5, 5.41) is 5.56. The molecule has 0 unspecified atom stereocenters. The number of carbonyl (C=O) groups excluding carboxylic acids is 2. The van der Waals surface area contributed by atoms with Gasteiger partial charge in [-0.1, -0.05) is 25.5 Å². The molecule has 5 heteroatoms. The summed E-state index contributed by atoms with van der Waals surface area (Å²) in [5.74, 6) is -0.358. The quantitative estimate of drug-likeness (QED) is 0.857. The maximum absolute atomic E-state index is 12.3. The van der Waals surface area contributed by atoms with E-state index in [2.05, 4.69) is 15.6 Å². The Kier molecular flexibility index (Phi) is 5.65. The molecule has 5 nitrogen and oxygen atoms in total. The van der Waals surface area contributed by atoms with E-state index in [1.807, 2.05) is 6.92 Å². The maximum atomic E-state index is 12.3. The summed E-state index contributed by atoms with van der Waals surface area (Å²) in [6.07, 6.45) is 5.44. The zero-order valence-electron chi connectivity index (χ0n) is 12.5. The molecule has 2 amide bonds. The van der Waals surface area contributed by atoms with Crippen molar-refractivity contribution in [2.45, 2.75) is 26.2 Å². The first kappa shape index (κ1) is 15.7. The molecule has 0 aliphatic carbocycles. The van der Waals surface area contributed by atoms with Gasteiger partial charge in [-0.05, 0) is 30.7 Å². The van der Waals surface area contributed by atoms with Crippen molar-refractivity contribution < 1.29 is 9.59 Å². The average molecular weight is 297 g/mol. The Hall–Kier alpha value is -2.69. The molecule has 1 aromatic heterocycles. The van der Waals surface area contributed by atoms with Gasteiger partial charge in [0.05, 0.1) is 23.1 Å². The fourth-order valence-electron chi connectivity index (χ4n) is 1.98. The van der Waals surface area contributed by atoms with E-state index >= 15 is 0 Å². The highest BCUT2D eigenvalue weighted by Gasteiger charge is 2.13. The molecule has 0 radical (unpaired) electrons. The highest BCUT2D eigenvalue weighted by molar-refractivity contribution is 6.10. The number of rotatable bonds is 6. The van der Waals surface area contributed by atoms with Crippen LogP contribution >= 0.6 is 0 Å². The number of para-hydroxylation sites is 1. The zero-order valence-corrected chi connectivity index (χ0v) is 12.5. The third kappa shape index (κ3) is 4.41. The van der Waals surface area contributed by atoms with Gasteiger partial charge in [-0.2, -0.15) is 0 Å². The Morgan fingerprint density at radius 1 is 1.09 bits per heavy atom. The van der Waals surface area contributed by atoms with Crippen molar-refractivity contribution in [3.05, 3.63) is 54.4 Å². The molecule has 114 valence electrons. The fourth-order valence-corrected chi connectivity index (χ4v) is 1.98. The third-order valence-electron chi connectivity index (χ3n) is 3.12. The normalized spacial score (nSPS) is 10.0. The van der Waals surface area contributed by atoms with Crippen molar-refractivity contribution in [2.24, 2.45) is 0 Å². The minimum atomic E-state index is -0.278. The minimum Gasteiger partial charge on any atom is -0.325 e. The molecule has 0 fully saturated rings. The van der Waals surface area contributed by atoms with Crippen LogP contribution in [-0.2, 0) is 4.79 Å². The lowest BCUT2D eigenvalue weighted by atomic mass is 10.1. The van der Waals surface area contributed by atoms with E-state index in [1.54, 1.807) is 48.8 Å². The molecule has 2 rings (SSSR count). The van der Waals surface area contributed by atoms with Crippen LogP contribution in [0, 0.1) is 0 Å². The van der Waals surface area contributed by atoms with E-state index in [4.69, 9.17) is 0 Å². The topological polar surface area (TPSA) is 71.1 Å². The maximum Gasteiger partial charge on any atom is 0.257 e. The van der Waals surface area contributed by atoms with Crippen LogP contribution in [0.2, 0.25) is 0 Å². The average Bonchev–Trinajstić information content (AvgIpc) is 2.54. The Labute approximate surface area is 129 Å². The molecule has 2 aromatic rings. The van der Waals surface area contributed by atoms with Crippen LogP contribution in [0.4, 0.5) is 11.4 Å². The Morgan fingerprint density at radius 2 is 1.91 bits per heavy atom. The molecule has 0 atom stereocenters. The second-order valence-electron chi connectivity index (χ2n) is 4.89. The lowest BCUT2D eigenvalue weighted by Gasteiger charge is -2.11. The SMILES string of the molecule is CCCCC(=O)Nc1ccccc1C(=O)Nc1cccnc1. The van der Waals surface area contributed by atoms with E-state index in [9.17, 15) is 9.59 Å². The minimum absolute atomic E-state index is 0.0801. The fraction of sp³-hybridized carbons (Fsp3) is 0.235. The van der Waals surface area contributed by atoms with Gasteiger partial charge in [0.1, 0.15) is 0 Å². The van der Waals surface area contributed by atoms with Gasteiger partial charge in [0, 0.05) is 12.6 Å². The van der Waals surface area contributed by atoms with Gasteiger partial charge in [-0.15, -0.1) is 0 Å². The highest BCUT2D eigenvalue weighted by Crippen LogP contribution is 2.17. The van der Waals surface area contributed by atoms with E-state index < -0.39 is 0 Å². The van der Waals surface area contributed by atoms with Crippen LogP contribution in [0.1, 0.15) is 36.5 Å². The first-order chi connectivity index (χ1) is 10.7. The number of nitrogens with zero attached hydrogens (tertiary/aromatic N) is 1. The number of hydrogen-bond acceptors (Lipinski definition) is 3. The Balaban J connectivity index is 2.10. The van der Waals surface area contributed by atoms with Crippen LogP contribution in [0.15, 0.2) is 48.8 Å². The highest BCUT2D eigenvalue weighted by atomic mass is 16.2. The van der Waals surface area contributed by atoms with Crippen molar-refractivity contribution >= 4 is 23.2 Å². The summed E-state index contributed by atoms with van der Waals surface area (Å²) >= 11 is 0. The second-order valence-corrected chi connectivity index (χ2v) is 4.89. The van der Waals surface area contributed by atoms with Crippen molar-refractivity contribution in [3.63, 3.8) is 0 Å². The number of aromatic nitrogens is 1. The second kappa shape index (κ2) is 7.93. The van der Waals surface area contributed by atoms with E-state index in [0.29, 0.717) is 23.4 Å². The Morgan fingerprint density at radius 3 is 2.64 bits per heavy atom. The number of nitrogens with one attached hydrogen (secondary N) is 2. The third-order valence-corrected chi connectivity index (χ3v) is 3.12. The standard InChI is InChI=1S/C17H19N3O2/c1-2-3-10-16(21)20-15-9-5-4-8-14(15)17(22)19-13-7-6-11-18-12-13/h4-9,11-12H,2-3,10H2,1H3,(H,19,22)(H,20,21). The van der Waals surface area contributed by atoms with Gasteiger partial charge in [0.15, 0.2) is 0 Å². The summed E-state index contributed by atoms with van der Waals surface area (Å²) in [6.45, 7) is 2.03. The van der Waals surface area contributed by atoms with Crippen molar-refractivity contribution in [3.8, 4) is 0 Å². The van der Waals surface area contributed by atoms with Crippen molar-refractivity contribution in [1.29, 1.82) is 0 Å². The molecule has 1 aromatic carbocycles. The molecule has 0 saturated heterocycles. The molecule has 22 heavy (non-hydrogen) atoms. The molecule has 2 N–H and O–H groups in total. The van der Waals surface area contributed by atoms with Crippen LogP contribution in [0.25, 0.3) is 0 Å². The molecule has 0 saturated carbocycles. The number of amides is 2. The van der Waals surface area contributed by atoms with Crippen LogP contribution in [-0.4, -0.2) is 16.8 Å². The van der Waals surface area contributed by atoms with Gasteiger partial charge < -0.3 is 10.6 Å². The number of carbonyl (C=O) groups is 2. The molecule has 0 aliphatic rings. The summed E-state index contributed by atoms with van der Waals surface area (Å²) in [4.78, 5) is 28.1. The lowest BCUT2D eigenvalue weighted by molar-refractivity contribution is -0.116. The van der Waals surface area contributed by atoms with Gasteiger partial charge in [-0.3, -0.25) is 14.6 Å². The predicted octanol–water partition coefficient (Wildman–Crippen LogP) is 3.46. The van der Waals surface area contributed by atoms with E-state index in [-0.39, 0.29) is 11.8 Å². The predicted molar refractivity (Wildman–Crippen MR) is 86.8 cm³/mol. The summed E-state index contributed by atoms with van der Waals surface area (Å²) < 4.78 is 0. The van der Waals surface area contributed by atoms with Crippen molar-refractivity contribution in [2.75, 3.05) is 10.6 Å². The molecule has 0 bridgehead atoms. The first-order valence-electron chi connectivity index (χ1n) is 7.31. The van der Waals surface area contributed by atoms with Crippen LogP contribution < -0.4 is 10.6 Å². The van der Waals surface area contributed by atoms with Gasteiger partial charge >= 0.3 is 0 Å². The monoisotopic (exact) mass is 297 g/mol. The number of pyridine rings is 1. The lowest BCUT2D eigenvalue weighted by Crippen LogP contribution is -2.18. The molecular weight excluding hydrogens is 278 g/mol. The van der Waals surface area contributed by atoms with Gasteiger partial charge in [-0.25, -0.2) is 0 Å². The Bertz CT molecular complexity index is 641. The van der Waals surface area contributed by atoms with Crippen LogP contribution in [0.3, 0.4) is 0 Å². The van der Waals surface area contributed by atoms with Crippen LogP contribution in [0.5, 0.6) is 0 Å². The van der Waals surface area contributed by atoms with Gasteiger partial charge in [0.25, 0.3) is 5.91 Å². The van der Waals surface area contributed by atoms with Gasteiger partial charge in [0.2, 0.25) is 5.91 Å². The number of benzene rings is 1. The van der Waals surface area contributed by atoms with E-state index in [1.165, 1.54) is 0 Å². The molecule has 1 heterocycles. The number of unbranched alkanes of at least 4 members (excludes halogenated alkanes) is 1. The molecule has 0 aliphatic heterocycles. The summed E-state index contributed by atoms with van der Waals surface area (Å²) in [5.41, 5.74) is 1.56. The summed E-state index contributed by atoms with van der Waals surface area (Å²) in [7, 11) is 0. The first-order valence-corrected chi connectivity index (χ1v) is 7.31. The molecule has 0 spiro atoms. The van der Waals surface area contributed by atoms with Crippen molar-refractivity contribution in [1.82, 2.24) is 4.98 Å². The number of hydrogen-bond donors (Lipinski definition) is 2. The largest absolute Gasteiger partial charge is 0.325 e.